The molecule has 1 atom stereocenters. The van der Waals surface area contributed by atoms with Gasteiger partial charge in [0, 0.05) is 16.9 Å². The maximum atomic E-state index is 4.44. The van der Waals surface area contributed by atoms with Gasteiger partial charge in [-0.05, 0) is 36.4 Å². The number of benzene rings is 1. The maximum absolute atomic E-state index is 4.44. The fraction of sp³-hybridized carbons (Fsp3) is 0.364. The van der Waals surface area contributed by atoms with Crippen molar-refractivity contribution in [1.29, 1.82) is 0 Å². The molecule has 3 rings (SSSR count). The molecular weight excluding hydrogens is 282 g/mol. The predicted molar refractivity (Wildman–Crippen MR) is 67.1 cm³/mol. The lowest BCUT2D eigenvalue weighted by atomic mass is 10.1. The van der Waals surface area contributed by atoms with Gasteiger partial charge in [-0.2, -0.15) is 0 Å². The van der Waals surface area contributed by atoms with Gasteiger partial charge in [0.15, 0.2) is 5.82 Å². The van der Waals surface area contributed by atoms with Gasteiger partial charge >= 0.3 is 0 Å². The summed E-state index contributed by atoms with van der Waals surface area (Å²) in [5.41, 5.74) is 0.920. The van der Waals surface area contributed by atoms with E-state index in [2.05, 4.69) is 36.7 Å². The number of nitrogens with one attached hydrogen (secondary N) is 1. The Morgan fingerprint density at radius 1 is 1.41 bits per heavy atom. The van der Waals surface area contributed by atoms with E-state index < -0.39 is 0 Å². The molecule has 2 heterocycles. The lowest BCUT2D eigenvalue weighted by Gasteiger charge is -2.00. The third-order valence-electron chi connectivity index (χ3n) is 2.89. The van der Waals surface area contributed by atoms with Crippen LogP contribution in [0.4, 0.5) is 0 Å². The van der Waals surface area contributed by atoms with Gasteiger partial charge in [0.2, 0.25) is 0 Å². The molecule has 17 heavy (non-hydrogen) atoms. The number of hydrogen-bond acceptors (Lipinski definition) is 4. The number of halogens is 1. The largest absolute Gasteiger partial charge is 0.316 e. The first-order valence-electron chi connectivity index (χ1n) is 5.59. The minimum Gasteiger partial charge on any atom is -0.316 e. The van der Waals surface area contributed by atoms with E-state index in [1.165, 1.54) is 0 Å². The zero-order valence-electron chi connectivity index (χ0n) is 9.17. The van der Waals surface area contributed by atoms with Gasteiger partial charge in [-0.15, -0.1) is 15.0 Å². The minimum atomic E-state index is 0.399. The van der Waals surface area contributed by atoms with Crippen molar-refractivity contribution in [3.63, 3.8) is 0 Å². The van der Waals surface area contributed by atoms with Gasteiger partial charge in [0.05, 0.1) is 5.69 Å². The van der Waals surface area contributed by atoms with Crippen molar-refractivity contribution in [3.8, 4) is 5.69 Å². The standard InChI is InChI=1S/C11H12BrN5/c12-9-2-1-3-10(6-9)17-15-11(14-16-17)8-4-5-13-7-8/h1-3,6,8,13H,4-5,7H2. The highest BCUT2D eigenvalue weighted by Crippen LogP contribution is 2.19. The van der Waals surface area contributed by atoms with Gasteiger partial charge in [-0.3, -0.25) is 0 Å². The highest BCUT2D eigenvalue weighted by molar-refractivity contribution is 9.10. The van der Waals surface area contributed by atoms with Crippen LogP contribution in [-0.2, 0) is 0 Å². The zero-order chi connectivity index (χ0) is 11.7. The Morgan fingerprint density at radius 3 is 3.12 bits per heavy atom. The molecule has 0 bridgehead atoms. The molecule has 0 amide bonds. The molecule has 5 nitrogen and oxygen atoms in total. The van der Waals surface area contributed by atoms with E-state index in [1.54, 1.807) is 4.80 Å². The molecule has 1 unspecified atom stereocenters. The number of nitrogens with zero attached hydrogens (tertiary/aromatic N) is 4. The van der Waals surface area contributed by atoms with Crippen molar-refractivity contribution >= 4 is 15.9 Å². The van der Waals surface area contributed by atoms with Crippen molar-refractivity contribution in [2.45, 2.75) is 12.3 Å². The lowest BCUT2D eigenvalue weighted by Crippen LogP contribution is -2.09. The summed E-state index contributed by atoms with van der Waals surface area (Å²) in [6.45, 7) is 1.99. The number of tetrazole rings is 1. The van der Waals surface area contributed by atoms with Crippen LogP contribution in [-0.4, -0.2) is 33.3 Å². The normalized spacial score (nSPS) is 19.7. The van der Waals surface area contributed by atoms with E-state index in [9.17, 15) is 0 Å². The second kappa shape index (κ2) is 4.54. The molecule has 1 aromatic heterocycles. The predicted octanol–water partition coefficient (Wildman–Crippen LogP) is 1.50. The average Bonchev–Trinajstić information content (AvgIpc) is 3.00. The molecule has 1 fully saturated rings. The smallest absolute Gasteiger partial charge is 0.179 e. The Morgan fingerprint density at radius 2 is 2.35 bits per heavy atom. The molecule has 1 aliphatic rings. The molecule has 1 aromatic carbocycles. The van der Waals surface area contributed by atoms with Gasteiger partial charge < -0.3 is 5.32 Å². The fourth-order valence-corrected chi connectivity index (χ4v) is 2.36. The molecule has 0 aliphatic carbocycles. The molecular formula is C11H12BrN5. The molecule has 1 saturated heterocycles. The Hall–Kier alpha value is -1.27. The van der Waals surface area contributed by atoms with E-state index in [-0.39, 0.29) is 0 Å². The molecule has 0 saturated carbocycles. The summed E-state index contributed by atoms with van der Waals surface area (Å²) in [6.07, 6.45) is 1.09. The molecule has 0 radical (unpaired) electrons. The Kier molecular flexibility index (Phi) is 2.90. The summed E-state index contributed by atoms with van der Waals surface area (Å²) in [7, 11) is 0. The van der Waals surface area contributed by atoms with E-state index in [4.69, 9.17) is 0 Å². The summed E-state index contributed by atoms with van der Waals surface area (Å²) in [4.78, 5) is 1.58. The van der Waals surface area contributed by atoms with E-state index in [1.807, 2.05) is 24.3 Å². The monoisotopic (exact) mass is 293 g/mol. The summed E-state index contributed by atoms with van der Waals surface area (Å²) in [5.74, 6) is 1.23. The summed E-state index contributed by atoms with van der Waals surface area (Å²) in [5, 5.41) is 16.0. The number of aromatic nitrogens is 4. The first kappa shape index (κ1) is 10.9. The highest BCUT2D eigenvalue weighted by atomic mass is 79.9. The lowest BCUT2D eigenvalue weighted by molar-refractivity contribution is 0.688. The summed E-state index contributed by atoms with van der Waals surface area (Å²) >= 11 is 3.43. The van der Waals surface area contributed by atoms with Crippen LogP contribution in [0.2, 0.25) is 0 Å². The number of rotatable bonds is 2. The Labute approximate surface area is 107 Å². The Bertz CT molecular complexity index is 518. The minimum absolute atomic E-state index is 0.399. The van der Waals surface area contributed by atoms with Gasteiger partial charge in [-0.25, -0.2) is 0 Å². The van der Waals surface area contributed by atoms with Crippen LogP contribution in [0.25, 0.3) is 5.69 Å². The summed E-state index contributed by atoms with van der Waals surface area (Å²) < 4.78 is 1.01. The van der Waals surface area contributed by atoms with Crippen molar-refractivity contribution in [2.24, 2.45) is 0 Å². The van der Waals surface area contributed by atoms with E-state index >= 15 is 0 Å². The third-order valence-corrected chi connectivity index (χ3v) is 3.39. The summed E-state index contributed by atoms with van der Waals surface area (Å²) in [6, 6.07) is 7.86. The molecule has 88 valence electrons. The van der Waals surface area contributed by atoms with Gasteiger partial charge in [-0.1, -0.05) is 22.0 Å². The van der Waals surface area contributed by atoms with Crippen LogP contribution in [0, 0.1) is 0 Å². The second-order valence-corrected chi connectivity index (χ2v) is 5.02. The zero-order valence-corrected chi connectivity index (χ0v) is 10.8. The van der Waals surface area contributed by atoms with Crippen molar-refractivity contribution in [1.82, 2.24) is 25.5 Å². The Balaban J connectivity index is 1.89. The van der Waals surface area contributed by atoms with Crippen molar-refractivity contribution < 1.29 is 0 Å². The molecule has 2 aromatic rings. The van der Waals surface area contributed by atoms with Crippen LogP contribution >= 0.6 is 15.9 Å². The van der Waals surface area contributed by atoms with Gasteiger partial charge in [0.25, 0.3) is 0 Å². The van der Waals surface area contributed by atoms with Crippen LogP contribution < -0.4 is 5.32 Å². The molecule has 1 aliphatic heterocycles. The van der Waals surface area contributed by atoms with Crippen molar-refractivity contribution in [2.75, 3.05) is 13.1 Å². The van der Waals surface area contributed by atoms with Crippen molar-refractivity contribution in [3.05, 3.63) is 34.6 Å². The van der Waals surface area contributed by atoms with Gasteiger partial charge in [0.1, 0.15) is 0 Å². The van der Waals surface area contributed by atoms with Crippen LogP contribution in [0.3, 0.4) is 0 Å². The first-order valence-corrected chi connectivity index (χ1v) is 6.39. The SMILES string of the molecule is Brc1cccc(-n2nnc(C3CCNC3)n2)c1. The molecule has 6 heteroatoms. The maximum Gasteiger partial charge on any atom is 0.179 e. The molecule has 1 N–H and O–H groups in total. The second-order valence-electron chi connectivity index (χ2n) is 4.11. The average molecular weight is 294 g/mol. The fourth-order valence-electron chi connectivity index (χ4n) is 1.97. The van der Waals surface area contributed by atoms with Crippen LogP contribution in [0.15, 0.2) is 28.7 Å². The first-order chi connectivity index (χ1) is 8.33. The van der Waals surface area contributed by atoms with Crippen LogP contribution in [0.5, 0.6) is 0 Å². The third kappa shape index (κ3) is 2.23. The number of hydrogen-bond donors (Lipinski definition) is 1. The van der Waals surface area contributed by atoms with E-state index in [0.717, 1.165) is 35.5 Å². The van der Waals surface area contributed by atoms with Crippen LogP contribution in [0.1, 0.15) is 18.2 Å². The topological polar surface area (TPSA) is 55.6 Å². The molecule has 0 spiro atoms. The quantitative estimate of drug-likeness (QED) is 0.912. The highest BCUT2D eigenvalue weighted by Gasteiger charge is 2.21. The van der Waals surface area contributed by atoms with E-state index in [0.29, 0.717) is 5.92 Å².